The van der Waals surface area contributed by atoms with Crippen molar-refractivity contribution in [2.75, 3.05) is 6.54 Å². The summed E-state index contributed by atoms with van der Waals surface area (Å²) >= 11 is 5.76. The van der Waals surface area contributed by atoms with E-state index >= 15 is 0 Å². The molecule has 0 fully saturated rings. The molecule has 12 heteroatoms. The van der Waals surface area contributed by atoms with Gasteiger partial charge in [0.15, 0.2) is 0 Å². The van der Waals surface area contributed by atoms with Crippen molar-refractivity contribution in [3.63, 3.8) is 0 Å². The molecule has 0 heterocycles. The number of amides is 1. The Morgan fingerprint density at radius 3 is 2.71 bits per heavy atom. The predicted octanol–water partition coefficient (Wildman–Crippen LogP) is 3.32. The summed E-state index contributed by atoms with van der Waals surface area (Å²) < 4.78 is 39.3. The second kappa shape index (κ2) is 11.5. The van der Waals surface area contributed by atoms with Crippen LogP contribution in [0.4, 0.5) is 13.2 Å². The average Bonchev–Trinajstić information content (AvgIpc) is 2.70. The standard InChI is InChI=1S/C19H19ClF3N7O/c1-12(17(28-11-26)29-13(2)27-6-3-4-24)30(7-5-25)18(31)14-8-15(19(21,22)23)10-16(20)9-14/h3-4,6,8-12H,2,7,24H2,1H3,(H2,26,28,29)/b4-3-,27-6-. The number of carbonyl (C=O) groups excluding carboxylic acids is 1. The van der Waals surface area contributed by atoms with Gasteiger partial charge in [-0.1, -0.05) is 18.2 Å². The van der Waals surface area contributed by atoms with Crippen molar-refractivity contribution in [2.24, 2.45) is 15.7 Å². The largest absolute Gasteiger partial charge is 0.416 e. The summed E-state index contributed by atoms with van der Waals surface area (Å²) in [4.78, 5) is 21.6. The molecule has 1 aromatic rings. The van der Waals surface area contributed by atoms with Gasteiger partial charge in [0.05, 0.1) is 17.7 Å². The number of nitriles is 1. The normalized spacial score (nSPS) is 13.1. The summed E-state index contributed by atoms with van der Waals surface area (Å²) in [5.74, 6) is -0.797. The van der Waals surface area contributed by atoms with E-state index in [9.17, 15) is 18.0 Å². The molecule has 8 nitrogen and oxygen atoms in total. The second-order valence-corrected chi connectivity index (χ2v) is 6.31. The quantitative estimate of drug-likeness (QED) is 0.316. The molecule has 0 radical (unpaired) electrons. The van der Waals surface area contributed by atoms with E-state index in [-0.39, 0.29) is 22.2 Å². The van der Waals surface area contributed by atoms with Crippen molar-refractivity contribution >= 4 is 35.9 Å². The van der Waals surface area contributed by atoms with Crippen LogP contribution in [-0.2, 0) is 6.18 Å². The lowest BCUT2D eigenvalue weighted by molar-refractivity contribution is -0.137. The average molecular weight is 454 g/mol. The number of amidine groups is 1. The fourth-order valence-electron chi connectivity index (χ4n) is 2.33. The number of nitrogens with two attached hydrogens (primary N) is 1. The Kier molecular flexibility index (Phi) is 9.43. The van der Waals surface area contributed by atoms with Crippen molar-refractivity contribution in [1.29, 1.82) is 10.7 Å². The molecule has 0 spiro atoms. The lowest BCUT2D eigenvalue weighted by atomic mass is 10.1. The highest BCUT2D eigenvalue weighted by Crippen LogP contribution is 2.32. The number of rotatable bonds is 8. The number of benzene rings is 1. The van der Waals surface area contributed by atoms with Crippen LogP contribution in [0.25, 0.3) is 0 Å². The molecule has 0 aliphatic heterocycles. The highest BCUT2D eigenvalue weighted by atomic mass is 35.5. The van der Waals surface area contributed by atoms with Gasteiger partial charge in [0, 0.05) is 16.8 Å². The van der Waals surface area contributed by atoms with Gasteiger partial charge in [0.25, 0.3) is 5.91 Å². The Hall–Kier alpha value is -3.65. The van der Waals surface area contributed by atoms with Gasteiger partial charge in [-0.25, -0.2) is 9.98 Å². The van der Waals surface area contributed by atoms with Crippen molar-refractivity contribution in [3.8, 4) is 6.07 Å². The zero-order chi connectivity index (χ0) is 23.6. The first kappa shape index (κ1) is 25.4. The monoisotopic (exact) mass is 453 g/mol. The summed E-state index contributed by atoms with van der Waals surface area (Å²) in [5.41, 5.74) is 3.73. The first-order valence-electron chi connectivity index (χ1n) is 8.54. The van der Waals surface area contributed by atoms with Crippen LogP contribution in [-0.4, -0.2) is 41.8 Å². The molecular formula is C19H19ClF3N7O. The van der Waals surface area contributed by atoms with Crippen LogP contribution in [0.5, 0.6) is 0 Å². The maximum atomic E-state index is 13.1. The molecule has 4 N–H and O–H groups in total. The topological polar surface area (TPSA) is 131 Å². The number of alkyl halides is 3. The van der Waals surface area contributed by atoms with Crippen LogP contribution >= 0.6 is 11.6 Å². The summed E-state index contributed by atoms with van der Waals surface area (Å²) in [5, 5.41) is 18.8. The maximum Gasteiger partial charge on any atom is 0.416 e. The molecule has 0 aliphatic carbocycles. The molecular weight excluding hydrogens is 435 g/mol. The predicted molar refractivity (Wildman–Crippen MR) is 113 cm³/mol. The van der Waals surface area contributed by atoms with Crippen LogP contribution in [0.2, 0.25) is 5.02 Å². The molecule has 1 aromatic carbocycles. The van der Waals surface area contributed by atoms with Gasteiger partial charge in [-0.3, -0.25) is 10.2 Å². The molecule has 0 bridgehead atoms. The molecule has 164 valence electrons. The van der Waals surface area contributed by atoms with Gasteiger partial charge >= 0.3 is 6.18 Å². The molecule has 1 amide bonds. The summed E-state index contributed by atoms with van der Waals surface area (Å²) in [7, 11) is 0. The van der Waals surface area contributed by atoms with Gasteiger partial charge in [0.1, 0.15) is 24.5 Å². The van der Waals surface area contributed by atoms with E-state index in [4.69, 9.17) is 28.0 Å². The highest BCUT2D eigenvalue weighted by Gasteiger charge is 2.33. The zero-order valence-corrected chi connectivity index (χ0v) is 17.1. The van der Waals surface area contributed by atoms with Gasteiger partial charge in [-0.05, 0) is 37.4 Å². The number of nitrogens with one attached hydrogen (secondary N) is 2. The molecule has 1 atom stereocenters. The first-order valence-corrected chi connectivity index (χ1v) is 8.92. The van der Waals surface area contributed by atoms with E-state index in [0.717, 1.165) is 11.0 Å². The zero-order valence-electron chi connectivity index (χ0n) is 16.3. The van der Waals surface area contributed by atoms with E-state index in [1.54, 1.807) is 6.07 Å². The molecule has 31 heavy (non-hydrogen) atoms. The van der Waals surface area contributed by atoms with Crippen LogP contribution in [0, 0.1) is 16.7 Å². The molecule has 0 saturated carbocycles. The van der Waals surface area contributed by atoms with Gasteiger partial charge < -0.3 is 16.0 Å². The molecule has 0 saturated heterocycles. The van der Waals surface area contributed by atoms with Gasteiger partial charge in [0.2, 0.25) is 0 Å². The van der Waals surface area contributed by atoms with Crippen molar-refractivity contribution in [1.82, 2.24) is 10.2 Å². The lowest BCUT2D eigenvalue weighted by Gasteiger charge is -2.28. The van der Waals surface area contributed by atoms with Gasteiger partial charge in [-0.15, -0.1) is 0 Å². The van der Waals surface area contributed by atoms with Crippen LogP contribution in [0.1, 0.15) is 22.8 Å². The number of hydrogen-bond donors (Lipinski definition) is 3. The summed E-state index contributed by atoms with van der Waals surface area (Å²) in [6.45, 7) is 4.63. The highest BCUT2D eigenvalue weighted by molar-refractivity contribution is 6.31. The lowest BCUT2D eigenvalue weighted by Crippen LogP contribution is -2.48. The van der Waals surface area contributed by atoms with Gasteiger partial charge in [-0.2, -0.15) is 18.4 Å². The van der Waals surface area contributed by atoms with Crippen LogP contribution < -0.4 is 11.1 Å². The number of hydrogen-bond acceptors (Lipinski definition) is 5. The number of carbonyl (C=O) groups is 1. The Morgan fingerprint density at radius 2 is 2.16 bits per heavy atom. The maximum absolute atomic E-state index is 13.1. The fourth-order valence-corrected chi connectivity index (χ4v) is 2.56. The Bertz CT molecular complexity index is 964. The molecule has 0 aliphatic rings. The van der Waals surface area contributed by atoms with Crippen molar-refractivity contribution in [3.05, 3.63) is 59.0 Å². The van der Waals surface area contributed by atoms with Crippen molar-refractivity contribution in [2.45, 2.75) is 19.1 Å². The van der Waals surface area contributed by atoms with Crippen LogP contribution in [0.15, 0.2) is 52.9 Å². The molecule has 1 unspecified atom stereocenters. The SMILES string of the molecule is C=C(/N=C\C=C/N)N/C(=N\C=N)C(C)N(CC#N)C(=O)c1cc(Cl)cc(C(F)(F)F)c1. The smallest absolute Gasteiger partial charge is 0.405 e. The number of nitrogens with zero attached hydrogens (tertiary/aromatic N) is 4. The third kappa shape index (κ3) is 7.60. The minimum absolute atomic E-state index is 0.00977. The van der Waals surface area contributed by atoms with E-state index < -0.39 is 30.2 Å². The van der Waals surface area contributed by atoms with E-state index in [0.29, 0.717) is 18.5 Å². The summed E-state index contributed by atoms with van der Waals surface area (Å²) in [6, 6.07) is 3.24. The minimum Gasteiger partial charge on any atom is -0.405 e. The first-order chi connectivity index (χ1) is 14.5. The Morgan fingerprint density at radius 1 is 1.48 bits per heavy atom. The second-order valence-electron chi connectivity index (χ2n) is 5.87. The third-order valence-corrected chi connectivity index (χ3v) is 3.96. The number of allylic oxidation sites excluding steroid dienone is 1. The summed E-state index contributed by atoms with van der Waals surface area (Å²) in [6.07, 6.45) is -0.0452. The van der Waals surface area contributed by atoms with E-state index in [2.05, 4.69) is 21.9 Å². The van der Waals surface area contributed by atoms with Crippen molar-refractivity contribution < 1.29 is 18.0 Å². The molecule has 1 rings (SSSR count). The fraction of sp³-hybridized carbons (Fsp3) is 0.211. The minimum atomic E-state index is -4.71. The molecule has 0 aromatic heterocycles. The Balaban J connectivity index is 3.29. The van der Waals surface area contributed by atoms with E-state index in [1.807, 2.05) is 0 Å². The Labute approximate surface area is 181 Å². The number of aliphatic imine (C=N–C) groups is 2. The number of halogens is 4. The van der Waals surface area contributed by atoms with E-state index in [1.165, 1.54) is 25.4 Å². The third-order valence-electron chi connectivity index (χ3n) is 3.74. The van der Waals surface area contributed by atoms with Crippen LogP contribution in [0.3, 0.4) is 0 Å².